The highest BCUT2D eigenvalue weighted by Gasteiger charge is 2.04. The van der Waals surface area contributed by atoms with Crippen molar-refractivity contribution in [1.82, 2.24) is 4.98 Å². The number of rotatable bonds is 2. The van der Waals surface area contributed by atoms with E-state index in [0.717, 1.165) is 12.1 Å². The standard InChI is InChI=1S/C9H7F2N3S/c10-6-2-1-5(3-7(6)11)14-9-13-4-8(12)15-9/h1-4H,12H2,(H,13,14). The van der Waals surface area contributed by atoms with Gasteiger partial charge in [0.2, 0.25) is 0 Å². The Morgan fingerprint density at radius 1 is 1.27 bits per heavy atom. The first kappa shape index (κ1) is 9.85. The highest BCUT2D eigenvalue weighted by Crippen LogP contribution is 2.24. The van der Waals surface area contributed by atoms with Crippen molar-refractivity contribution in [3.05, 3.63) is 36.0 Å². The molecule has 0 unspecified atom stereocenters. The van der Waals surface area contributed by atoms with Gasteiger partial charge in [-0.1, -0.05) is 11.3 Å². The summed E-state index contributed by atoms with van der Waals surface area (Å²) in [7, 11) is 0. The molecule has 3 nitrogen and oxygen atoms in total. The fourth-order valence-corrected chi connectivity index (χ4v) is 1.64. The van der Waals surface area contributed by atoms with E-state index in [0.29, 0.717) is 15.8 Å². The molecule has 15 heavy (non-hydrogen) atoms. The number of aromatic nitrogens is 1. The van der Waals surface area contributed by atoms with Crippen LogP contribution in [0, 0.1) is 11.6 Å². The predicted octanol–water partition coefficient (Wildman–Crippen LogP) is 2.75. The topological polar surface area (TPSA) is 50.9 Å². The van der Waals surface area contributed by atoms with E-state index in [4.69, 9.17) is 5.73 Å². The van der Waals surface area contributed by atoms with E-state index in [1.165, 1.54) is 23.6 Å². The lowest BCUT2D eigenvalue weighted by Gasteiger charge is -2.02. The normalized spacial score (nSPS) is 10.3. The van der Waals surface area contributed by atoms with Crippen LogP contribution >= 0.6 is 11.3 Å². The van der Waals surface area contributed by atoms with Crippen molar-refractivity contribution < 1.29 is 8.78 Å². The number of thiazole rings is 1. The Kier molecular flexibility index (Phi) is 2.51. The van der Waals surface area contributed by atoms with Crippen LogP contribution in [0.3, 0.4) is 0 Å². The van der Waals surface area contributed by atoms with Crippen LogP contribution in [-0.4, -0.2) is 4.98 Å². The monoisotopic (exact) mass is 227 g/mol. The molecule has 0 amide bonds. The molecule has 3 N–H and O–H groups in total. The summed E-state index contributed by atoms with van der Waals surface area (Å²) in [6.07, 6.45) is 1.49. The van der Waals surface area contributed by atoms with Gasteiger partial charge in [0.25, 0.3) is 0 Å². The fourth-order valence-electron chi connectivity index (χ4n) is 1.04. The highest BCUT2D eigenvalue weighted by atomic mass is 32.1. The molecule has 1 aromatic heterocycles. The molecule has 78 valence electrons. The second-order valence-electron chi connectivity index (χ2n) is 2.82. The molecule has 0 aliphatic rings. The lowest BCUT2D eigenvalue weighted by atomic mass is 10.3. The number of hydrogen-bond donors (Lipinski definition) is 2. The molecule has 0 aliphatic heterocycles. The molecular formula is C9H7F2N3S. The second-order valence-corrected chi connectivity index (χ2v) is 3.88. The zero-order valence-corrected chi connectivity index (χ0v) is 8.31. The van der Waals surface area contributed by atoms with E-state index >= 15 is 0 Å². The number of anilines is 3. The van der Waals surface area contributed by atoms with Crippen LogP contribution in [0.4, 0.5) is 24.6 Å². The Balaban J connectivity index is 2.21. The molecule has 2 aromatic rings. The number of nitrogens with two attached hydrogens (primary N) is 1. The molecule has 0 radical (unpaired) electrons. The quantitative estimate of drug-likeness (QED) is 0.829. The Hall–Kier alpha value is -1.69. The van der Waals surface area contributed by atoms with Crippen LogP contribution in [0.5, 0.6) is 0 Å². The maximum Gasteiger partial charge on any atom is 0.189 e. The Morgan fingerprint density at radius 3 is 2.67 bits per heavy atom. The van der Waals surface area contributed by atoms with Crippen LogP contribution in [-0.2, 0) is 0 Å². The van der Waals surface area contributed by atoms with Gasteiger partial charge in [0.05, 0.1) is 6.20 Å². The van der Waals surface area contributed by atoms with E-state index in [1.54, 1.807) is 0 Å². The minimum atomic E-state index is -0.899. The van der Waals surface area contributed by atoms with Crippen LogP contribution in [0.25, 0.3) is 0 Å². The van der Waals surface area contributed by atoms with Gasteiger partial charge >= 0.3 is 0 Å². The Morgan fingerprint density at radius 2 is 2.07 bits per heavy atom. The highest BCUT2D eigenvalue weighted by molar-refractivity contribution is 7.19. The number of hydrogen-bond acceptors (Lipinski definition) is 4. The van der Waals surface area contributed by atoms with Crippen molar-refractivity contribution in [2.24, 2.45) is 0 Å². The van der Waals surface area contributed by atoms with Crippen LogP contribution < -0.4 is 11.1 Å². The molecule has 0 bridgehead atoms. The van der Waals surface area contributed by atoms with E-state index < -0.39 is 11.6 Å². The van der Waals surface area contributed by atoms with Crippen molar-refractivity contribution >= 4 is 27.2 Å². The van der Waals surface area contributed by atoms with E-state index in [9.17, 15) is 8.78 Å². The minimum Gasteiger partial charge on any atom is -0.389 e. The second kappa shape index (κ2) is 3.82. The van der Waals surface area contributed by atoms with Gasteiger partial charge in [0, 0.05) is 11.8 Å². The summed E-state index contributed by atoms with van der Waals surface area (Å²) in [6.45, 7) is 0. The van der Waals surface area contributed by atoms with Crippen molar-refractivity contribution in [3.8, 4) is 0 Å². The molecule has 0 spiro atoms. The summed E-state index contributed by atoms with van der Waals surface area (Å²) in [4.78, 5) is 3.93. The van der Waals surface area contributed by atoms with Crippen molar-refractivity contribution in [1.29, 1.82) is 0 Å². The summed E-state index contributed by atoms with van der Waals surface area (Å²) in [5.74, 6) is -1.77. The number of halogens is 2. The third-order valence-electron chi connectivity index (χ3n) is 1.69. The van der Waals surface area contributed by atoms with Gasteiger partial charge in [-0.3, -0.25) is 0 Å². The average Bonchev–Trinajstić information content (AvgIpc) is 2.58. The van der Waals surface area contributed by atoms with Gasteiger partial charge in [-0.05, 0) is 12.1 Å². The molecule has 0 saturated heterocycles. The maximum atomic E-state index is 12.8. The molecule has 1 aromatic carbocycles. The summed E-state index contributed by atoms with van der Waals surface area (Å²) in [5.41, 5.74) is 5.90. The third kappa shape index (κ3) is 2.21. The lowest BCUT2D eigenvalue weighted by molar-refractivity contribution is 0.509. The summed E-state index contributed by atoms with van der Waals surface area (Å²) in [6, 6.07) is 3.54. The van der Waals surface area contributed by atoms with Gasteiger partial charge in [0.15, 0.2) is 16.8 Å². The first-order chi connectivity index (χ1) is 7.15. The third-order valence-corrected chi connectivity index (χ3v) is 2.44. The maximum absolute atomic E-state index is 12.8. The lowest BCUT2D eigenvalue weighted by Crippen LogP contribution is -1.91. The number of nitrogens with zero attached hydrogens (tertiary/aromatic N) is 1. The number of nitrogen functional groups attached to an aromatic ring is 1. The fraction of sp³-hybridized carbons (Fsp3) is 0. The van der Waals surface area contributed by atoms with Crippen molar-refractivity contribution in [2.45, 2.75) is 0 Å². The zero-order chi connectivity index (χ0) is 10.8. The van der Waals surface area contributed by atoms with Gasteiger partial charge in [-0.25, -0.2) is 13.8 Å². The van der Waals surface area contributed by atoms with E-state index in [2.05, 4.69) is 10.3 Å². The van der Waals surface area contributed by atoms with Crippen LogP contribution in [0.15, 0.2) is 24.4 Å². The molecular weight excluding hydrogens is 220 g/mol. The van der Waals surface area contributed by atoms with Crippen molar-refractivity contribution in [3.63, 3.8) is 0 Å². The van der Waals surface area contributed by atoms with E-state index in [1.807, 2.05) is 0 Å². The molecule has 0 aliphatic carbocycles. The minimum absolute atomic E-state index is 0.434. The predicted molar refractivity (Wildman–Crippen MR) is 56.2 cm³/mol. The Labute approximate surface area is 88.6 Å². The van der Waals surface area contributed by atoms with E-state index in [-0.39, 0.29) is 0 Å². The largest absolute Gasteiger partial charge is 0.389 e. The zero-order valence-electron chi connectivity index (χ0n) is 7.50. The smallest absolute Gasteiger partial charge is 0.189 e. The number of benzene rings is 1. The molecule has 1 heterocycles. The van der Waals surface area contributed by atoms with Crippen LogP contribution in [0.2, 0.25) is 0 Å². The number of nitrogens with one attached hydrogen (secondary N) is 1. The summed E-state index contributed by atoms with van der Waals surface area (Å²) in [5, 5.41) is 3.91. The average molecular weight is 227 g/mol. The summed E-state index contributed by atoms with van der Waals surface area (Å²) >= 11 is 1.23. The molecule has 6 heteroatoms. The molecule has 0 fully saturated rings. The first-order valence-corrected chi connectivity index (χ1v) is 4.90. The molecule has 2 rings (SSSR count). The first-order valence-electron chi connectivity index (χ1n) is 4.08. The van der Waals surface area contributed by atoms with Crippen LogP contribution in [0.1, 0.15) is 0 Å². The van der Waals surface area contributed by atoms with Gasteiger partial charge in [0.1, 0.15) is 5.00 Å². The van der Waals surface area contributed by atoms with Crippen molar-refractivity contribution in [2.75, 3.05) is 11.1 Å². The molecule has 0 atom stereocenters. The van der Waals surface area contributed by atoms with Gasteiger partial charge < -0.3 is 11.1 Å². The van der Waals surface area contributed by atoms with Gasteiger partial charge in [-0.15, -0.1) is 0 Å². The summed E-state index contributed by atoms with van der Waals surface area (Å²) < 4.78 is 25.4. The van der Waals surface area contributed by atoms with Gasteiger partial charge in [-0.2, -0.15) is 0 Å². The molecule has 0 saturated carbocycles. The Bertz CT molecular complexity index is 484. The SMILES string of the molecule is Nc1cnc(Nc2ccc(F)c(F)c2)s1.